The van der Waals surface area contributed by atoms with Crippen molar-refractivity contribution < 1.29 is 0 Å². The number of allylic oxidation sites excluding steroid dienone is 1. The second-order valence-corrected chi connectivity index (χ2v) is 11.1. The summed E-state index contributed by atoms with van der Waals surface area (Å²) in [5.74, 6) is 0. The molecule has 0 atom stereocenters. The summed E-state index contributed by atoms with van der Waals surface area (Å²) in [4.78, 5) is 9.77. The molecular formula is C41H29N3. The SMILES string of the molecule is C=Cc1nc2cc(-c3cccc(-c4ccc(-n5c6ccccc6c6cccnc65)cc4)c3)c3ccccc3c2cc1/C=C\C. The first-order valence-corrected chi connectivity index (χ1v) is 14.9. The number of fused-ring (bicyclic) bond motifs is 6. The maximum Gasteiger partial charge on any atom is 0.145 e. The van der Waals surface area contributed by atoms with Gasteiger partial charge >= 0.3 is 0 Å². The molecule has 3 nitrogen and oxygen atoms in total. The normalized spacial score (nSPS) is 11.8. The first kappa shape index (κ1) is 25.9. The smallest absolute Gasteiger partial charge is 0.145 e. The number of rotatable bonds is 5. The summed E-state index contributed by atoms with van der Waals surface area (Å²) >= 11 is 0. The Balaban J connectivity index is 1.24. The molecule has 0 amide bonds. The van der Waals surface area contributed by atoms with Crippen LogP contribution in [0.1, 0.15) is 18.2 Å². The van der Waals surface area contributed by atoms with Crippen LogP contribution in [0.2, 0.25) is 0 Å². The van der Waals surface area contributed by atoms with Gasteiger partial charge in [-0.05, 0) is 94.6 Å². The van der Waals surface area contributed by atoms with E-state index in [0.29, 0.717) is 0 Å². The number of hydrogen-bond acceptors (Lipinski definition) is 2. The minimum Gasteiger partial charge on any atom is -0.294 e. The summed E-state index contributed by atoms with van der Waals surface area (Å²) in [5.41, 5.74) is 10.8. The molecule has 208 valence electrons. The molecule has 0 aliphatic heterocycles. The van der Waals surface area contributed by atoms with E-state index in [1.165, 1.54) is 27.3 Å². The van der Waals surface area contributed by atoms with Gasteiger partial charge in [-0.1, -0.05) is 91.5 Å². The quantitative estimate of drug-likeness (QED) is 0.195. The lowest BCUT2D eigenvalue weighted by molar-refractivity contribution is 1.14. The fourth-order valence-electron chi connectivity index (χ4n) is 6.49. The van der Waals surface area contributed by atoms with Gasteiger partial charge in [-0.2, -0.15) is 0 Å². The van der Waals surface area contributed by atoms with Crippen LogP contribution in [0.4, 0.5) is 0 Å². The van der Waals surface area contributed by atoms with Crippen molar-refractivity contribution in [3.8, 4) is 27.9 Å². The molecule has 0 unspecified atom stereocenters. The lowest BCUT2D eigenvalue weighted by Gasteiger charge is -2.14. The summed E-state index contributed by atoms with van der Waals surface area (Å²) in [6, 6.07) is 43.3. The van der Waals surface area contributed by atoms with Gasteiger partial charge in [0.15, 0.2) is 0 Å². The average Bonchev–Trinajstić information content (AvgIpc) is 3.42. The summed E-state index contributed by atoms with van der Waals surface area (Å²) in [6.45, 7) is 6.05. The van der Waals surface area contributed by atoms with Gasteiger partial charge in [-0.15, -0.1) is 0 Å². The molecule has 0 spiro atoms. The molecule has 44 heavy (non-hydrogen) atoms. The minimum absolute atomic E-state index is 0.893. The van der Waals surface area contributed by atoms with E-state index >= 15 is 0 Å². The van der Waals surface area contributed by atoms with Gasteiger partial charge in [0.1, 0.15) is 5.65 Å². The van der Waals surface area contributed by atoms with E-state index in [0.717, 1.165) is 55.5 Å². The lowest BCUT2D eigenvalue weighted by atomic mass is 9.92. The third kappa shape index (κ3) is 4.13. The number of nitrogens with zero attached hydrogens (tertiary/aromatic N) is 3. The van der Waals surface area contributed by atoms with Crippen molar-refractivity contribution in [1.82, 2.24) is 14.5 Å². The molecule has 3 heteroatoms. The third-order valence-electron chi connectivity index (χ3n) is 8.51. The van der Waals surface area contributed by atoms with E-state index in [-0.39, 0.29) is 0 Å². The number of hydrogen-bond donors (Lipinski definition) is 0. The van der Waals surface area contributed by atoms with Crippen LogP contribution in [0.15, 0.2) is 140 Å². The van der Waals surface area contributed by atoms with Crippen LogP contribution in [0.5, 0.6) is 0 Å². The zero-order valence-corrected chi connectivity index (χ0v) is 24.4. The molecule has 3 heterocycles. The number of aromatic nitrogens is 3. The van der Waals surface area contributed by atoms with Crippen molar-refractivity contribution >= 4 is 55.8 Å². The molecule has 0 bridgehead atoms. The van der Waals surface area contributed by atoms with Crippen molar-refractivity contribution in [2.75, 3.05) is 0 Å². The highest BCUT2D eigenvalue weighted by atomic mass is 15.0. The Kier molecular flexibility index (Phi) is 6.16. The van der Waals surface area contributed by atoms with Gasteiger partial charge in [-0.3, -0.25) is 4.57 Å². The Morgan fingerprint density at radius 3 is 2.20 bits per heavy atom. The average molecular weight is 564 g/mol. The van der Waals surface area contributed by atoms with Crippen LogP contribution in [0.3, 0.4) is 0 Å². The van der Waals surface area contributed by atoms with Gasteiger partial charge in [0.05, 0.1) is 16.7 Å². The maximum absolute atomic E-state index is 5.03. The van der Waals surface area contributed by atoms with E-state index in [2.05, 4.69) is 132 Å². The molecule has 0 fully saturated rings. The number of benzene rings is 5. The van der Waals surface area contributed by atoms with Gasteiger partial charge in [0.2, 0.25) is 0 Å². The van der Waals surface area contributed by atoms with Crippen molar-refractivity contribution in [3.05, 3.63) is 151 Å². The molecule has 0 saturated carbocycles. The topological polar surface area (TPSA) is 30.7 Å². The van der Waals surface area contributed by atoms with E-state index in [4.69, 9.17) is 9.97 Å². The highest BCUT2D eigenvalue weighted by Crippen LogP contribution is 2.37. The molecule has 0 radical (unpaired) electrons. The molecule has 5 aromatic carbocycles. The Labute approximate surface area is 256 Å². The molecule has 8 aromatic rings. The van der Waals surface area contributed by atoms with E-state index in [1.54, 1.807) is 0 Å². The van der Waals surface area contributed by atoms with Crippen LogP contribution < -0.4 is 0 Å². The van der Waals surface area contributed by atoms with Crippen molar-refractivity contribution in [3.63, 3.8) is 0 Å². The minimum atomic E-state index is 0.893. The second-order valence-electron chi connectivity index (χ2n) is 11.1. The summed E-state index contributed by atoms with van der Waals surface area (Å²) in [5, 5.41) is 5.93. The van der Waals surface area contributed by atoms with Gasteiger partial charge in [-0.25, -0.2) is 9.97 Å². The molecular weight excluding hydrogens is 534 g/mol. The second kappa shape index (κ2) is 10.5. The molecule has 0 aliphatic carbocycles. The predicted octanol–water partition coefficient (Wildman–Crippen LogP) is 10.9. The fraction of sp³-hybridized carbons (Fsp3) is 0.0244. The zero-order chi connectivity index (χ0) is 29.6. The van der Waals surface area contributed by atoms with Crippen LogP contribution in [-0.2, 0) is 0 Å². The summed E-state index contributed by atoms with van der Waals surface area (Å²) < 4.78 is 2.25. The van der Waals surface area contributed by atoms with E-state index in [9.17, 15) is 0 Å². The molecule has 0 aliphatic rings. The summed E-state index contributed by atoms with van der Waals surface area (Å²) in [6.07, 6.45) is 7.84. The highest BCUT2D eigenvalue weighted by molar-refractivity contribution is 6.13. The van der Waals surface area contributed by atoms with E-state index in [1.807, 2.05) is 31.3 Å². The van der Waals surface area contributed by atoms with Crippen molar-refractivity contribution in [2.45, 2.75) is 6.92 Å². The van der Waals surface area contributed by atoms with Gasteiger partial charge < -0.3 is 0 Å². The Morgan fingerprint density at radius 1 is 0.636 bits per heavy atom. The largest absolute Gasteiger partial charge is 0.294 e. The van der Waals surface area contributed by atoms with Gasteiger partial charge in [0, 0.05) is 33.6 Å². The van der Waals surface area contributed by atoms with Crippen molar-refractivity contribution in [1.29, 1.82) is 0 Å². The molecule has 0 N–H and O–H groups in total. The van der Waals surface area contributed by atoms with E-state index < -0.39 is 0 Å². The highest BCUT2D eigenvalue weighted by Gasteiger charge is 2.14. The lowest BCUT2D eigenvalue weighted by Crippen LogP contribution is -1.95. The predicted molar refractivity (Wildman–Crippen MR) is 187 cm³/mol. The zero-order valence-electron chi connectivity index (χ0n) is 24.4. The third-order valence-corrected chi connectivity index (χ3v) is 8.51. The maximum atomic E-state index is 5.03. The molecule has 0 saturated heterocycles. The van der Waals surface area contributed by atoms with Crippen molar-refractivity contribution in [2.24, 2.45) is 0 Å². The first-order chi connectivity index (χ1) is 21.7. The standard InChI is InChI=1S/C41H29N3/c1-3-11-30-25-37-33-15-6-5-14-32(33)36(26-39(37)43-38(30)4-2)29-13-9-12-28(24-29)27-19-21-31(22-20-27)44-40-18-8-7-16-34(40)35-17-10-23-42-41(35)44/h3-26H,2H2,1H3/b11-3-. The van der Waals surface area contributed by atoms with Crippen LogP contribution in [0.25, 0.3) is 83.7 Å². The monoisotopic (exact) mass is 563 g/mol. The summed E-state index contributed by atoms with van der Waals surface area (Å²) in [7, 11) is 0. The number of pyridine rings is 2. The van der Waals surface area contributed by atoms with Crippen LogP contribution >= 0.6 is 0 Å². The number of para-hydroxylation sites is 1. The fourth-order valence-corrected chi connectivity index (χ4v) is 6.49. The Morgan fingerprint density at radius 2 is 1.39 bits per heavy atom. The molecule has 8 rings (SSSR count). The Hall–Kier alpha value is -5.80. The molecule has 3 aromatic heterocycles. The van der Waals surface area contributed by atoms with Crippen LogP contribution in [0, 0.1) is 0 Å². The first-order valence-electron chi connectivity index (χ1n) is 14.9. The van der Waals surface area contributed by atoms with Crippen LogP contribution in [-0.4, -0.2) is 14.5 Å². The Bertz CT molecular complexity index is 2360. The van der Waals surface area contributed by atoms with Gasteiger partial charge in [0.25, 0.3) is 0 Å².